The summed E-state index contributed by atoms with van der Waals surface area (Å²) in [5, 5.41) is 37.7. The minimum atomic E-state index is -1.75. The van der Waals surface area contributed by atoms with E-state index in [1.54, 1.807) is 34.6 Å². The van der Waals surface area contributed by atoms with E-state index in [1.165, 1.54) is 70.8 Å². The molecule has 0 unspecified atom stereocenters. The maximum Gasteiger partial charge on any atom is 0.329 e. The molecule has 1 fully saturated rings. The van der Waals surface area contributed by atoms with Crippen molar-refractivity contribution >= 4 is 65.0 Å². The first-order valence-electron chi connectivity index (χ1n) is 32.5. The van der Waals surface area contributed by atoms with E-state index >= 15 is 9.59 Å². The lowest BCUT2D eigenvalue weighted by Crippen LogP contribution is -2.64. The van der Waals surface area contributed by atoms with Crippen molar-refractivity contribution in [3.63, 3.8) is 0 Å². The van der Waals surface area contributed by atoms with Gasteiger partial charge in [-0.2, -0.15) is 0 Å². The molecule has 13 atom stereocenters. The summed E-state index contributed by atoms with van der Waals surface area (Å²) in [6, 6.07) is -12.2. The molecule has 7 N–H and O–H groups in total. The number of carbonyl (C=O) groups excluding carboxylic acids is 11. The molecule has 518 valence electrons. The Morgan fingerprint density at radius 3 is 1.27 bits per heavy atom. The number of hydrogen-bond donors (Lipinski definition) is 7. The highest BCUT2D eigenvalue weighted by molar-refractivity contribution is 5.99. The molecule has 10 amide bonds. The Hall–Kier alpha value is -5.95. The van der Waals surface area contributed by atoms with Crippen LogP contribution in [-0.2, 0) is 57.5 Å². The zero-order valence-electron chi connectivity index (χ0n) is 59.3. The molecule has 1 rings (SSSR count). The lowest BCUT2D eigenvalue weighted by Gasteiger charge is -2.40. The number of aliphatic hydroxyl groups excluding tert-OH is 2. The highest BCUT2D eigenvalue weighted by atomic mass is 16.6. The van der Waals surface area contributed by atoms with E-state index < -0.39 is 162 Å². The summed E-state index contributed by atoms with van der Waals surface area (Å²) in [6.07, 6.45) is -3.82. The van der Waals surface area contributed by atoms with Gasteiger partial charge < -0.3 is 70.9 Å². The van der Waals surface area contributed by atoms with E-state index in [4.69, 9.17) is 4.74 Å². The smallest absolute Gasteiger partial charge is 0.329 e. The molecule has 0 aromatic heterocycles. The molecule has 0 aromatic rings. The Morgan fingerprint density at radius 1 is 0.467 bits per heavy atom. The van der Waals surface area contributed by atoms with Crippen molar-refractivity contribution in [1.29, 1.82) is 0 Å². The van der Waals surface area contributed by atoms with Gasteiger partial charge in [0.25, 0.3) is 5.91 Å². The van der Waals surface area contributed by atoms with Crippen LogP contribution in [0.15, 0.2) is 0 Å². The second-order valence-electron chi connectivity index (χ2n) is 28.4. The lowest BCUT2D eigenvalue weighted by molar-refractivity contribution is -0.166. The van der Waals surface area contributed by atoms with Gasteiger partial charge in [0.1, 0.15) is 54.4 Å². The van der Waals surface area contributed by atoms with Crippen LogP contribution in [0.1, 0.15) is 170 Å². The molecule has 1 heterocycles. The molecule has 1 aliphatic rings. The van der Waals surface area contributed by atoms with Gasteiger partial charge in [0.2, 0.25) is 53.2 Å². The number of cyclic esters (lactones) is 1. The number of amides is 10. The maximum atomic E-state index is 15.2. The molecule has 25 nitrogen and oxygen atoms in total. The average molecular weight is 1280 g/mol. The summed E-state index contributed by atoms with van der Waals surface area (Å²) < 4.78 is 5.90. The molecule has 1 aliphatic heterocycles. The largest absolute Gasteiger partial charge is 0.450 e. The fourth-order valence-electron chi connectivity index (χ4n) is 11.1. The Labute approximate surface area is 538 Å². The van der Waals surface area contributed by atoms with E-state index in [0.717, 1.165) is 14.7 Å². The average Bonchev–Trinajstić information content (AvgIpc) is 0.858. The van der Waals surface area contributed by atoms with Crippen LogP contribution in [0, 0.1) is 47.3 Å². The third kappa shape index (κ3) is 24.6. The second-order valence-corrected chi connectivity index (χ2v) is 28.4. The molecule has 90 heavy (non-hydrogen) atoms. The number of aliphatic hydroxyl groups is 2. The predicted molar refractivity (Wildman–Crippen MR) is 345 cm³/mol. The predicted octanol–water partition coefficient (Wildman–Crippen LogP) is 2.77. The zero-order chi connectivity index (χ0) is 69.8. The van der Waals surface area contributed by atoms with Crippen molar-refractivity contribution in [3.05, 3.63) is 0 Å². The molecule has 0 aliphatic carbocycles. The number of hydrogen-bond acceptors (Lipinski definition) is 15. The van der Waals surface area contributed by atoms with Crippen molar-refractivity contribution in [2.45, 2.75) is 249 Å². The molecule has 25 heteroatoms. The third-order valence-corrected chi connectivity index (χ3v) is 16.5. The van der Waals surface area contributed by atoms with Crippen LogP contribution in [-0.4, -0.2) is 239 Å². The number of carbonyl (C=O) groups is 11. The van der Waals surface area contributed by atoms with Gasteiger partial charge in [-0.25, -0.2) is 4.79 Å². The minimum absolute atomic E-state index is 0.0757. The van der Waals surface area contributed by atoms with Crippen molar-refractivity contribution in [1.82, 2.24) is 56.0 Å². The zero-order valence-corrected chi connectivity index (χ0v) is 59.3. The number of likely N-dealkylation sites (N-methyl/N-ethyl adjacent to an activating group) is 6. The first-order valence-corrected chi connectivity index (χ1v) is 32.5. The van der Waals surface area contributed by atoms with Crippen molar-refractivity contribution < 1.29 is 67.7 Å². The molecule has 0 spiro atoms. The monoisotopic (exact) mass is 1280 g/mol. The number of nitrogens with one attached hydrogen (secondary N) is 5. The van der Waals surface area contributed by atoms with Crippen molar-refractivity contribution in [2.24, 2.45) is 47.3 Å². The van der Waals surface area contributed by atoms with Gasteiger partial charge in [-0.05, 0) is 106 Å². The summed E-state index contributed by atoms with van der Waals surface area (Å²) in [5.41, 5.74) is 0. The normalized spacial score (nSPS) is 26.4. The summed E-state index contributed by atoms with van der Waals surface area (Å²) >= 11 is 0. The Kier molecular flexibility index (Phi) is 34.2. The minimum Gasteiger partial charge on any atom is -0.450 e. The van der Waals surface area contributed by atoms with Crippen molar-refractivity contribution in [3.8, 4) is 0 Å². The number of rotatable bonds is 19. The lowest BCUT2D eigenvalue weighted by atomic mass is 9.91. The van der Waals surface area contributed by atoms with Crippen LogP contribution in [0.5, 0.6) is 0 Å². The van der Waals surface area contributed by atoms with E-state index in [9.17, 15) is 53.4 Å². The Balaban J connectivity index is 4.42. The highest BCUT2D eigenvalue weighted by Crippen LogP contribution is 2.25. The van der Waals surface area contributed by atoms with Crippen LogP contribution in [0.2, 0.25) is 0 Å². The molecular formula is C65H119N11O14. The van der Waals surface area contributed by atoms with Gasteiger partial charge in [0.05, 0.1) is 18.8 Å². The number of nitrogens with zero attached hydrogens (tertiary/aromatic N) is 6. The highest BCUT2D eigenvalue weighted by Gasteiger charge is 2.46. The molecular weight excluding hydrogens is 1160 g/mol. The van der Waals surface area contributed by atoms with Crippen LogP contribution >= 0.6 is 0 Å². The van der Waals surface area contributed by atoms with Gasteiger partial charge >= 0.3 is 5.97 Å². The first-order chi connectivity index (χ1) is 41.4. The maximum absolute atomic E-state index is 15.2. The van der Waals surface area contributed by atoms with Gasteiger partial charge in [0.15, 0.2) is 6.10 Å². The summed E-state index contributed by atoms with van der Waals surface area (Å²) in [4.78, 5) is 168. The number of ether oxygens (including phenoxy) is 1. The fraction of sp³-hybridized carbons (Fsp3) is 0.831. The summed E-state index contributed by atoms with van der Waals surface area (Å²) in [6.45, 7) is 33.1. The Bertz CT molecular complexity index is 2400. The molecule has 0 aromatic carbocycles. The molecule has 0 bridgehead atoms. The standard InChI is InChI=1S/C65H119N11O14/c1-34(2)28-45-60(84)73(22)48(31-37(7)8)56(80)67-43(18)65(89)90-55(40(13)14)64(88)74(23)49(32-38(9)10)58(82)69-46(29-35(3)4)61(85)75(24)52(39(11)12)63(87)76(25)53(54(79)42(17)26-27-66-41(15)16)59(83)70-51(44(19)77)62(86)71(20)33-50(78)72(21)47(30-36(5)6)57(81)68-45/h34-49,51-55,66,77,79H,26-33H2,1-25H3,(H,67,80)(H,68,81)(H,69,82)(H,70,83)/t42-,43+,44-,45+,46+,47+,48+,49+,51+,52+,53+,54-,55-/m1/s1. The molecule has 0 saturated carbocycles. The van der Waals surface area contributed by atoms with Gasteiger partial charge in [-0.3, -0.25) is 47.9 Å². The Morgan fingerprint density at radius 2 is 0.867 bits per heavy atom. The van der Waals surface area contributed by atoms with Crippen molar-refractivity contribution in [2.75, 3.05) is 55.4 Å². The topological polar surface area (TPSA) is 317 Å². The van der Waals surface area contributed by atoms with Gasteiger partial charge in [0, 0.05) is 48.3 Å². The van der Waals surface area contributed by atoms with Crippen LogP contribution in [0.4, 0.5) is 0 Å². The first kappa shape index (κ1) is 82.1. The summed E-state index contributed by atoms with van der Waals surface area (Å²) in [7, 11) is 8.15. The van der Waals surface area contributed by atoms with Gasteiger partial charge in [-0.1, -0.05) is 118 Å². The van der Waals surface area contributed by atoms with Crippen LogP contribution in [0.25, 0.3) is 0 Å². The van der Waals surface area contributed by atoms with Crippen LogP contribution in [0.3, 0.4) is 0 Å². The molecule has 0 radical (unpaired) electrons. The molecule has 1 saturated heterocycles. The van der Waals surface area contributed by atoms with E-state index in [0.29, 0.717) is 13.0 Å². The second kappa shape index (κ2) is 37.5. The van der Waals surface area contributed by atoms with Gasteiger partial charge in [-0.15, -0.1) is 0 Å². The fourth-order valence-corrected chi connectivity index (χ4v) is 11.1. The van der Waals surface area contributed by atoms with Crippen LogP contribution < -0.4 is 26.6 Å². The quantitative estimate of drug-likeness (QED) is 0.0915. The van der Waals surface area contributed by atoms with E-state index in [-0.39, 0.29) is 67.7 Å². The van der Waals surface area contributed by atoms with E-state index in [1.807, 2.05) is 83.1 Å². The SMILES string of the molecule is CC(C)C[C@@H]1NC(=O)[C@H](CC(C)C)N(C)C(=O)[C@@H](C(C)C)OC(=O)[C@H](C)NC(=O)[C@H](CC(C)C)N(C)C(=O)[C@H](CC(C)C)NC(=O)[C@H](CC(C)C)N(C)C(=O)CN(C)C(=O)[C@H]([C@@H](C)O)NC(=O)[C@H]([C@H](O)[C@H](C)CCNC(C)C)N(C)C(=O)[C@H](C(C)C)N(C)C1=O. The third-order valence-electron chi connectivity index (χ3n) is 16.5. The van der Waals surface area contributed by atoms with E-state index in [2.05, 4.69) is 26.6 Å². The summed E-state index contributed by atoms with van der Waals surface area (Å²) in [5.74, 6) is -11.5. The number of esters is 1.